The number of pyridine rings is 1. The zero-order valence-electron chi connectivity index (χ0n) is 10.1. The van der Waals surface area contributed by atoms with Crippen molar-refractivity contribution in [2.75, 3.05) is 5.73 Å². The SMILES string of the molecule is NC(=O)C(c1ccc(Cl)nc1)c1c(Cl)cc(N)cc1Cl. The Kier molecular flexibility index (Phi) is 4.38. The number of primary amides is 1. The van der Waals surface area contributed by atoms with Crippen LogP contribution in [0, 0.1) is 0 Å². The molecule has 7 heteroatoms. The fraction of sp³-hybridized carbons (Fsp3) is 0.0769. The molecule has 4 nitrogen and oxygen atoms in total. The van der Waals surface area contributed by atoms with E-state index in [0.717, 1.165) is 0 Å². The average Bonchev–Trinajstić information content (AvgIpc) is 2.34. The van der Waals surface area contributed by atoms with E-state index in [2.05, 4.69) is 4.98 Å². The van der Waals surface area contributed by atoms with E-state index in [0.29, 0.717) is 22.0 Å². The van der Waals surface area contributed by atoms with Gasteiger partial charge in [0.15, 0.2) is 0 Å². The zero-order chi connectivity index (χ0) is 14.9. The molecule has 0 aliphatic carbocycles. The van der Waals surface area contributed by atoms with Gasteiger partial charge in [-0.25, -0.2) is 4.98 Å². The molecule has 1 aromatic heterocycles. The molecule has 1 atom stereocenters. The first kappa shape index (κ1) is 14.9. The fourth-order valence-corrected chi connectivity index (χ4v) is 2.74. The van der Waals surface area contributed by atoms with E-state index in [4.69, 9.17) is 46.3 Å². The van der Waals surface area contributed by atoms with E-state index < -0.39 is 11.8 Å². The summed E-state index contributed by atoms with van der Waals surface area (Å²) in [4.78, 5) is 15.7. The van der Waals surface area contributed by atoms with Crippen molar-refractivity contribution in [2.45, 2.75) is 5.92 Å². The van der Waals surface area contributed by atoms with Gasteiger partial charge in [0.25, 0.3) is 0 Å². The lowest BCUT2D eigenvalue weighted by Gasteiger charge is -2.17. The van der Waals surface area contributed by atoms with Crippen LogP contribution >= 0.6 is 34.8 Å². The van der Waals surface area contributed by atoms with Crippen molar-refractivity contribution in [3.05, 3.63) is 56.8 Å². The second-order valence-corrected chi connectivity index (χ2v) is 5.35. The van der Waals surface area contributed by atoms with E-state index in [1.807, 2.05) is 0 Å². The van der Waals surface area contributed by atoms with Gasteiger partial charge in [0, 0.05) is 27.5 Å². The third-order valence-electron chi connectivity index (χ3n) is 2.76. The highest BCUT2D eigenvalue weighted by molar-refractivity contribution is 6.37. The van der Waals surface area contributed by atoms with Gasteiger partial charge in [-0.2, -0.15) is 0 Å². The average molecular weight is 331 g/mol. The number of halogens is 3. The minimum Gasteiger partial charge on any atom is -0.399 e. The molecule has 0 saturated carbocycles. The Balaban J connectivity index is 2.60. The van der Waals surface area contributed by atoms with Crippen molar-refractivity contribution in [1.29, 1.82) is 0 Å². The van der Waals surface area contributed by atoms with Crippen LogP contribution in [0.1, 0.15) is 17.0 Å². The molecule has 0 aliphatic rings. The number of nitrogens with two attached hydrogens (primary N) is 2. The highest BCUT2D eigenvalue weighted by Gasteiger charge is 2.26. The van der Waals surface area contributed by atoms with E-state index in [-0.39, 0.29) is 10.0 Å². The Labute approximate surface area is 130 Å². The van der Waals surface area contributed by atoms with E-state index in [1.165, 1.54) is 18.3 Å². The van der Waals surface area contributed by atoms with Crippen LogP contribution in [0.15, 0.2) is 30.5 Å². The third kappa shape index (κ3) is 2.98. The number of carbonyl (C=O) groups excluding carboxylic acids is 1. The maximum absolute atomic E-state index is 11.8. The van der Waals surface area contributed by atoms with Crippen LogP contribution < -0.4 is 11.5 Å². The molecule has 20 heavy (non-hydrogen) atoms. The van der Waals surface area contributed by atoms with Crippen molar-refractivity contribution >= 4 is 46.4 Å². The molecule has 0 fully saturated rings. The number of anilines is 1. The largest absolute Gasteiger partial charge is 0.399 e. The van der Waals surface area contributed by atoms with Gasteiger partial charge in [0.1, 0.15) is 5.15 Å². The predicted molar refractivity (Wildman–Crippen MR) is 81.2 cm³/mol. The van der Waals surface area contributed by atoms with Crippen LogP contribution in [0.4, 0.5) is 5.69 Å². The van der Waals surface area contributed by atoms with Crippen molar-refractivity contribution in [3.63, 3.8) is 0 Å². The Morgan fingerprint density at radius 1 is 1.15 bits per heavy atom. The number of amides is 1. The molecule has 2 rings (SSSR count). The summed E-state index contributed by atoms with van der Waals surface area (Å²) in [5.41, 5.74) is 12.5. The predicted octanol–water partition coefficient (Wildman–Crippen LogP) is 3.24. The van der Waals surface area contributed by atoms with Gasteiger partial charge in [-0.3, -0.25) is 4.79 Å². The molecule has 0 spiro atoms. The van der Waals surface area contributed by atoms with Gasteiger partial charge in [-0.05, 0) is 23.8 Å². The molecule has 1 unspecified atom stereocenters. The summed E-state index contributed by atoms with van der Waals surface area (Å²) in [6, 6.07) is 6.24. The second-order valence-electron chi connectivity index (χ2n) is 4.15. The number of aromatic nitrogens is 1. The van der Waals surface area contributed by atoms with Gasteiger partial charge in [-0.1, -0.05) is 40.9 Å². The first-order valence-electron chi connectivity index (χ1n) is 5.55. The lowest BCUT2D eigenvalue weighted by molar-refractivity contribution is -0.118. The van der Waals surface area contributed by atoms with Crippen molar-refractivity contribution in [3.8, 4) is 0 Å². The summed E-state index contributed by atoms with van der Waals surface area (Å²) in [5, 5.41) is 0.856. The summed E-state index contributed by atoms with van der Waals surface area (Å²) in [7, 11) is 0. The van der Waals surface area contributed by atoms with Gasteiger partial charge in [0.05, 0.1) is 5.92 Å². The number of nitrogen functional groups attached to an aromatic ring is 1. The number of rotatable bonds is 3. The van der Waals surface area contributed by atoms with Crippen molar-refractivity contribution < 1.29 is 4.79 Å². The lowest BCUT2D eigenvalue weighted by Crippen LogP contribution is -2.23. The topological polar surface area (TPSA) is 82.0 Å². The molecule has 104 valence electrons. The van der Waals surface area contributed by atoms with Crippen molar-refractivity contribution in [1.82, 2.24) is 4.98 Å². The summed E-state index contributed by atoms with van der Waals surface area (Å²) in [6.07, 6.45) is 1.46. The first-order chi connectivity index (χ1) is 9.40. The zero-order valence-corrected chi connectivity index (χ0v) is 12.4. The van der Waals surface area contributed by atoms with E-state index in [9.17, 15) is 4.79 Å². The molecule has 4 N–H and O–H groups in total. The van der Waals surface area contributed by atoms with E-state index in [1.54, 1.807) is 12.1 Å². The Morgan fingerprint density at radius 2 is 1.75 bits per heavy atom. The number of carbonyl (C=O) groups is 1. The molecule has 0 saturated heterocycles. The quantitative estimate of drug-likeness (QED) is 0.669. The van der Waals surface area contributed by atoms with Crippen LogP contribution in [0.25, 0.3) is 0 Å². The Bertz CT molecular complexity index is 635. The summed E-state index contributed by atoms with van der Waals surface area (Å²) in [6.45, 7) is 0. The fourth-order valence-electron chi connectivity index (χ4n) is 1.91. The first-order valence-corrected chi connectivity index (χ1v) is 6.68. The third-order valence-corrected chi connectivity index (χ3v) is 3.61. The van der Waals surface area contributed by atoms with Crippen LogP contribution in [0.5, 0.6) is 0 Å². The molecule has 1 heterocycles. The van der Waals surface area contributed by atoms with Crippen LogP contribution in [-0.2, 0) is 4.79 Å². The molecular weight excluding hydrogens is 321 g/mol. The number of hydrogen-bond acceptors (Lipinski definition) is 3. The van der Waals surface area contributed by atoms with Crippen LogP contribution in [0.3, 0.4) is 0 Å². The monoisotopic (exact) mass is 329 g/mol. The minimum atomic E-state index is -0.819. The van der Waals surface area contributed by atoms with Crippen LogP contribution in [-0.4, -0.2) is 10.9 Å². The Morgan fingerprint density at radius 3 is 2.20 bits per heavy atom. The molecule has 2 aromatic rings. The standard InChI is InChI=1S/C13H10Cl3N3O/c14-8-3-7(17)4-9(15)12(8)11(13(18)20)6-1-2-10(16)19-5-6/h1-5,11H,17H2,(H2,18,20). The van der Waals surface area contributed by atoms with E-state index >= 15 is 0 Å². The number of hydrogen-bond donors (Lipinski definition) is 2. The summed E-state index contributed by atoms with van der Waals surface area (Å²) < 4.78 is 0. The molecule has 0 aliphatic heterocycles. The second kappa shape index (κ2) is 5.87. The molecule has 0 bridgehead atoms. The Hall–Kier alpha value is -1.49. The smallest absolute Gasteiger partial charge is 0.229 e. The van der Waals surface area contributed by atoms with Crippen LogP contribution in [0.2, 0.25) is 15.2 Å². The molecule has 0 radical (unpaired) electrons. The van der Waals surface area contributed by atoms with Gasteiger partial charge in [-0.15, -0.1) is 0 Å². The normalized spacial score (nSPS) is 12.2. The highest BCUT2D eigenvalue weighted by atomic mass is 35.5. The lowest BCUT2D eigenvalue weighted by atomic mass is 9.91. The summed E-state index contributed by atoms with van der Waals surface area (Å²) in [5.74, 6) is -1.41. The summed E-state index contributed by atoms with van der Waals surface area (Å²) >= 11 is 18.0. The number of nitrogens with zero attached hydrogens (tertiary/aromatic N) is 1. The van der Waals surface area contributed by atoms with Gasteiger partial charge >= 0.3 is 0 Å². The molecular formula is C13H10Cl3N3O. The highest BCUT2D eigenvalue weighted by Crippen LogP contribution is 2.37. The molecule has 1 amide bonds. The number of benzene rings is 1. The maximum Gasteiger partial charge on any atom is 0.229 e. The van der Waals surface area contributed by atoms with Crippen molar-refractivity contribution in [2.24, 2.45) is 5.73 Å². The molecule has 1 aromatic carbocycles. The van der Waals surface area contributed by atoms with Gasteiger partial charge < -0.3 is 11.5 Å². The minimum absolute atomic E-state index is 0.272. The maximum atomic E-state index is 11.8. The van der Waals surface area contributed by atoms with Gasteiger partial charge in [0.2, 0.25) is 5.91 Å².